The molecular weight excluding hydrogens is 261 g/mol. The highest BCUT2D eigenvalue weighted by Crippen LogP contribution is 2.19. The standard InChI is InChI=1S/C13H9F3O3/c14-13(15,16)12(19)8-11(18)10-5-3-9(4-6-10)2-1-7-17/h1-7H,8H2. The van der Waals surface area contributed by atoms with Crippen molar-refractivity contribution in [2.75, 3.05) is 0 Å². The highest BCUT2D eigenvalue weighted by atomic mass is 19.4. The van der Waals surface area contributed by atoms with E-state index in [-0.39, 0.29) is 5.56 Å². The summed E-state index contributed by atoms with van der Waals surface area (Å²) in [5.74, 6) is -2.96. The minimum Gasteiger partial charge on any atom is -0.299 e. The minimum absolute atomic E-state index is 0.0147. The third-order valence-electron chi connectivity index (χ3n) is 2.24. The summed E-state index contributed by atoms with van der Waals surface area (Å²) in [7, 11) is 0. The number of carbonyl (C=O) groups is 3. The molecule has 1 aromatic carbocycles. The molecule has 6 heteroatoms. The van der Waals surface area contributed by atoms with E-state index in [0.29, 0.717) is 11.8 Å². The van der Waals surface area contributed by atoms with Gasteiger partial charge in [0.05, 0.1) is 6.42 Å². The summed E-state index contributed by atoms with van der Waals surface area (Å²) < 4.78 is 36.0. The van der Waals surface area contributed by atoms with Gasteiger partial charge in [0, 0.05) is 5.56 Å². The summed E-state index contributed by atoms with van der Waals surface area (Å²) in [6.45, 7) is 0. The number of halogens is 3. The van der Waals surface area contributed by atoms with Gasteiger partial charge in [-0.25, -0.2) is 0 Å². The van der Waals surface area contributed by atoms with Gasteiger partial charge >= 0.3 is 6.18 Å². The molecule has 0 aliphatic heterocycles. The number of benzene rings is 1. The number of aldehydes is 1. The predicted molar refractivity (Wildman–Crippen MR) is 61.5 cm³/mol. The van der Waals surface area contributed by atoms with Crippen molar-refractivity contribution in [3.05, 3.63) is 41.5 Å². The third-order valence-corrected chi connectivity index (χ3v) is 2.24. The van der Waals surface area contributed by atoms with Gasteiger partial charge in [-0.1, -0.05) is 30.3 Å². The Hall–Kier alpha value is -2.24. The molecule has 0 saturated heterocycles. The van der Waals surface area contributed by atoms with Crippen LogP contribution < -0.4 is 0 Å². The molecule has 0 aromatic heterocycles. The fraction of sp³-hybridized carbons (Fsp3) is 0.154. The van der Waals surface area contributed by atoms with Crippen LogP contribution in [0.25, 0.3) is 6.08 Å². The maximum Gasteiger partial charge on any atom is 0.450 e. The van der Waals surface area contributed by atoms with E-state index in [1.54, 1.807) is 0 Å². The molecule has 0 heterocycles. The number of Topliss-reactive ketones (excluding diaryl/α,β-unsaturated/α-hetero) is 2. The molecule has 0 spiro atoms. The van der Waals surface area contributed by atoms with Gasteiger partial charge in [-0.15, -0.1) is 0 Å². The fourth-order valence-corrected chi connectivity index (χ4v) is 1.28. The summed E-state index contributed by atoms with van der Waals surface area (Å²) in [5.41, 5.74) is 0.631. The number of hydrogen-bond acceptors (Lipinski definition) is 3. The molecular formula is C13H9F3O3. The Labute approximate surface area is 106 Å². The van der Waals surface area contributed by atoms with Crippen molar-refractivity contribution < 1.29 is 27.6 Å². The maximum atomic E-state index is 12.0. The molecule has 0 fully saturated rings. The van der Waals surface area contributed by atoms with Gasteiger partial charge in [0.15, 0.2) is 5.78 Å². The summed E-state index contributed by atoms with van der Waals surface area (Å²) in [4.78, 5) is 32.2. The van der Waals surface area contributed by atoms with Crippen LogP contribution in [0.3, 0.4) is 0 Å². The van der Waals surface area contributed by atoms with Crippen LogP contribution in [0.5, 0.6) is 0 Å². The van der Waals surface area contributed by atoms with E-state index < -0.39 is 24.2 Å². The summed E-state index contributed by atoms with van der Waals surface area (Å²) >= 11 is 0. The van der Waals surface area contributed by atoms with Gasteiger partial charge in [-0.2, -0.15) is 13.2 Å². The van der Waals surface area contributed by atoms with E-state index in [9.17, 15) is 27.6 Å². The lowest BCUT2D eigenvalue weighted by molar-refractivity contribution is -0.170. The average Bonchev–Trinajstić information content (AvgIpc) is 2.35. The number of hydrogen-bond donors (Lipinski definition) is 0. The molecule has 0 aliphatic rings. The monoisotopic (exact) mass is 270 g/mol. The van der Waals surface area contributed by atoms with Gasteiger partial charge in [0.25, 0.3) is 0 Å². The first kappa shape index (κ1) is 14.8. The number of ketones is 2. The Kier molecular flexibility index (Phi) is 4.74. The normalized spacial score (nSPS) is 11.5. The van der Waals surface area contributed by atoms with Crippen molar-refractivity contribution in [1.29, 1.82) is 0 Å². The Morgan fingerprint density at radius 3 is 2.16 bits per heavy atom. The van der Waals surface area contributed by atoms with Crippen molar-refractivity contribution in [2.24, 2.45) is 0 Å². The van der Waals surface area contributed by atoms with E-state index in [0.717, 1.165) is 0 Å². The van der Waals surface area contributed by atoms with Gasteiger partial charge in [-0.05, 0) is 11.6 Å². The van der Waals surface area contributed by atoms with Gasteiger partial charge in [-0.3, -0.25) is 14.4 Å². The molecule has 1 aromatic rings. The molecule has 1 rings (SSSR count). The van der Waals surface area contributed by atoms with E-state index in [4.69, 9.17) is 0 Å². The molecule has 0 radical (unpaired) electrons. The first-order valence-corrected chi connectivity index (χ1v) is 5.19. The van der Waals surface area contributed by atoms with Crippen molar-refractivity contribution in [1.82, 2.24) is 0 Å². The number of rotatable bonds is 5. The zero-order chi connectivity index (χ0) is 14.5. The van der Waals surface area contributed by atoms with Crippen molar-refractivity contribution in [3.8, 4) is 0 Å². The summed E-state index contributed by atoms with van der Waals surface area (Å²) in [6.07, 6.45) is -2.91. The summed E-state index contributed by atoms with van der Waals surface area (Å²) in [5, 5.41) is 0. The second-order valence-corrected chi connectivity index (χ2v) is 3.64. The van der Waals surface area contributed by atoms with Crippen LogP contribution in [0.1, 0.15) is 22.3 Å². The first-order valence-electron chi connectivity index (χ1n) is 5.19. The van der Waals surface area contributed by atoms with Crippen LogP contribution in [0.15, 0.2) is 30.3 Å². The van der Waals surface area contributed by atoms with E-state index in [1.165, 1.54) is 36.4 Å². The van der Waals surface area contributed by atoms with Crippen LogP contribution in [-0.2, 0) is 9.59 Å². The molecule has 100 valence electrons. The topological polar surface area (TPSA) is 51.2 Å². The van der Waals surface area contributed by atoms with Gasteiger partial charge in [0.1, 0.15) is 6.29 Å². The second-order valence-electron chi connectivity index (χ2n) is 3.64. The highest BCUT2D eigenvalue weighted by molar-refractivity contribution is 6.09. The Morgan fingerprint density at radius 1 is 1.11 bits per heavy atom. The van der Waals surface area contributed by atoms with Gasteiger partial charge < -0.3 is 0 Å². The first-order chi connectivity index (χ1) is 8.84. The highest BCUT2D eigenvalue weighted by Gasteiger charge is 2.39. The molecule has 0 unspecified atom stereocenters. The average molecular weight is 270 g/mol. The molecule has 19 heavy (non-hydrogen) atoms. The van der Waals surface area contributed by atoms with Gasteiger partial charge in [0.2, 0.25) is 5.78 Å². The minimum atomic E-state index is -5.00. The number of allylic oxidation sites excluding steroid dienone is 1. The largest absolute Gasteiger partial charge is 0.450 e. The van der Waals surface area contributed by atoms with Crippen molar-refractivity contribution in [3.63, 3.8) is 0 Å². The van der Waals surface area contributed by atoms with Crippen LogP contribution >= 0.6 is 0 Å². The van der Waals surface area contributed by atoms with E-state index in [1.807, 2.05) is 0 Å². The maximum absolute atomic E-state index is 12.0. The van der Waals surface area contributed by atoms with Crippen molar-refractivity contribution in [2.45, 2.75) is 12.6 Å². The lowest BCUT2D eigenvalue weighted by Gasteiger charge is -2.04. The quantitative estimate of drug-likeness (QED) is 0.357. The van der Waals surface area contributed by atoms with Crippen molar-refractivity contribution >= 4 is 23.9 Å². The number of alkyl halides is 3. The SMILES string of the molecule is O=CC=Cc1ccc(C(=O)CC(=O)C(F)(F)F)cc1. The molecule has 3 nitrogen and oxygen atoms in total. The van der Waals surface area contributed by atoms with Crippen LogP contribution in [0.2, 0.25) is 0 Å². The predicted octanol–water partition coefficient (Wildman–Crippen LogP) is 2.60. The molecule has 0 aliphatic carbocycles. The smallest absolute Gasteiger partial charge is 0.299 e. The van der Waals surface area contributed by atoms with E-state index in [2.05, 4.69) is 0 Å². The second kappa shape index (κ2) is 6.08. The van der Waals surface area contributed by atoms with Crippen LogP contribution in [0, 0.1) is 0 Å². The van der Waals surface area contributed by atoms with Crippen LogP contribution in [-0.4, -0.2) is 24.0 Å². The molecule has 0 N–H and O–H groups in total. The van der Waals surface area contributed by atoms with Crippen LogP contribution in [0.4, 0.5) is 13.2 Å². The zero-order valence-corrected chi connectivity index (χ0v) is 9.61. The Morgan fingerprint density at radius 2 is 1.68 bits per heavy atom. The summed E-state index contributed by atoms with van der Waals surface area (Å²) in [6, 6.07) is 5.53. The fourth-order valence-electron chi connectivity index (χ4n) is 1.28. The Bertz CT molecular complexity index is 513. The zero-order valence-electron chi connectivity index (χ0n) is 9.61. The molecule has 0 amide bonds. The Balaban J connectivity index is 2.76. The molecule has 0 saturated carbocycles. The lowest BCUT2D eigenvalue weighted by Crippen LogP contribution is -2.25. The van der Waals surface area contributed by atoms with E-state index >= 15 is 0 Å². The number of carbonyl (C=O) groups excluding carboxylic acids is 3. The lowest BCUT2D eigenvalue weighted by atomic mass is 10.0. The molecule has 0 atom stereocenters. The third kappa shape index (κ3) is 4.50. The molecule has 0 bridgehead atoms.